The predicted octanol–water partition coefficient (Wildman–Crippen LogP) is 1.47. The molecule has 0 spiro atoms. The molecule has 0 saturated carbocycles. The number of hydrogen-bond acceptors (Lipinski definition) is 10. The number of carbonyl (C=O) groups is 6. The minimum atomic E-state index is -1.14. The number of ether oxygens (including phenoxy) is 4. The molecular formula is C27H39N3O10. The molecule has 222 valence electrons. The summed E-state index contributed by atoms with van der Waals surface area (Å²) < 4.78 is 19.7. The number of likely N-dealkylation sites (N-methyl/N-ethyl adjacent to an activating group) is 1. The van der Waals surface area contributed by atoms with Gasteiger partial charge in [-0.05, 0) is 39.2 Å². The van der Waals surface area contributed by atoms with E-state index >= 15 is 0 Å². The lowest BCUT2D eigenvalue weighted by Crippen LogP contribution is -2.47. The molecule has 40 heavy (non-hydrogen) atoms. The third kappa shape index (κ3) is 13.6. The van der Waals surface area contributed by atoms with Crippen molar-refractivity contribution in [1.82, 2.24) is 15.5 Å². The Morgan fingerprint density at radius 2 is 1.40 bits per heavy atom. The quantitative estimate of drug-likeness (QED) is 0.249. The molecule has 2 atom stereocenters. The second-order valence-corrected chi connectivity index (χ2v) is 9.84. The van der Waals surface area contributed by atoms with E-state index < -0.39 is 60.0 Å². The van der Waals surface area contributed by atoms with Crippen LogP contribution in [0.15, 0.2) is 30.3 Å². The van der Waals surface area contributed by atoms with Gasteiger partial charge in [0.05, 0.1) is 20.8 Å². The maximum absolute atomic E-state index is 12.6. The molecular weight excluding hydrogens is 526 g/mol. The fourth-order valence-corrected chi connectivity index (χ4v) is 3.31. The molecule has 0 aliphatic heterocycles. The van der Waals surface area contributed by atoms with Crippen molar-refractivity contribution in [3.63, 3.8) is 0 Å². The Hall–Kier alpha value is -4.16. The van der Waals surface area contributed by atoms with E-state index in [1.165, 1.54) is 7.05 Å². The second-order valence-electron chi connectivity index (χ2n) is 9.84. The zero-order valence-electron chi connectivity index (χ0n) is 23.8. The third-order valence-electron chi connectivity index (χ3n) is 5.33. The Bertz CT molecular complexity index is 1020. The summed E-state index contributed by atoms with van der Waals surface area (Å²) in [5.74, 6) is -3.25. The van der Waals surface area contributed by atoms with E-state index in [0.717, 1.165) is 24.7 Å². The SMILES string of the molecule is COC(=O)[C@@H](CCC(=O)OCc1ccccc1)NC(=O)CN(C)C(=O)CC[C@@H](NC(=O)OC(C)(C)C)C(=O)OC. The van der Waals surface area contributed by atoms with Crippen LogP contribution in [-0.4, -0.2) is 86.2 Å². The topological polar surface area (TPSA) is 167 Å². The summed E-state index contributed by atoms with van der Waals surface area (Å²) in [5, 5.41) is 4.83. The molecule has 0 fully saturated rings. The van der Waals surface area contributed by atoms with Crippen LogP contribution in [-0.2, 0) is 49.5 Å². The molecule has 0 unspecified atom stereocenters. The van der Waals surface area contributed by atoms with Gasteiger partial charge in [-0.2, -0.15) is 0 Å². The summed E-state index contributed by atoms with van der Waals surface area (Å²) in [6.07, 6.45) is -1.37. The van der Waals surface area contributed by atoms with Gasteiger partial charge in [0.2, 0.25) is 11.8 Å². The van der Waals surface area contributed by atoms with Crippen molar-refractivity contribution in [2.24, 2.45) is 0 Å². The molecule has 1 aromatic rings. The number of alkyl carbamates (subject to hydrolysis) is 1. The van der Waals surface area contributed by atoms with Crippen molar-refractivity contribution in [2.45, 2.75) is 70.7 Å². The van der Waals surface area contributed by atoms with Crippen LogP contribution in [0.25, 0.3) is 0 Å². The van der Waals surface area contributed by atoms with Crippen molar-refractivity contribution in [3.8, 4) is 0 Å². The first kappa shape index (κ1) is 33.9. The Balaban J connectivity index is 2.59. The van der Waals surface area contributed by atoms with Crippen LogP contribution >= 0.6 is 0 Å². The van der Waals surface area contributed by atoms with Crippen LogP contribution in [0, 0.1) is 0 Å². The molecule has 2 N–H and O–H groups in total. The molecule has 0 bridgehead atoms. The van der Waals surface area contributed by atoms with Gasteiger partial charge in [0.15, 0.2) is 0 Å². The highest BCUT2D eigenvalue weighted by Gasteiger charge is 2.27. The van der Waals surface area contributed by atoms with E-state index in [1.807, 2.05) is 18.2 Å². The van der Waals surface area contributed by atoms with Gasteiger partial charge in [0.1, 0.15) is 24.3 Å². The number of carbonyl (C=O) groups excluding carboxylic acids is 6. The highest BCUT2D eigenvalue weighted by Crippen LogP contribution is 2.10. The molecule has 0 aliphatic rings. The van der Waals surface area contributed by atoms with E-state index in [0.29, 0.717) is 0 Å². The second kappa shape index (κ2) is 16.7. The molecule has 1 rings (SSSR count). The number of nitrogens with zero attached hydrogens (tertiary/aromatic N) is 1. The van der Waals surface area contributed by atoms with Crippen molar-refractivity contribution >= 4 is 35.8 Å². The summed E-state index contributed by atoms with van der Waals surface area (Å²) in [4.78, 5) is 74.6. The first-order valence-corrected chi connectivity index (χ1v) is 12.6. The molecule has 0 radical (unpaired) electrons. The fourth-order valence-electron chi connectivity index (χ4n) is 3.31. The Morgan fingerprint density at radius 3 is 1.95 bits per heavy atom. The molecule has 0 saturated heterocycles. The number of amides is 3. The molecule has 13 heteroatoms. The zero-order valence-corrected chi connectivity index (χ0v) is 23.8. The van der Waals surface area contributed by atoms with Crippen molar-refractivity contribution in [3.05, 3.63) is 35.9 Å². The molecule has 0 aliphatic carbocycles. The Labute approximate surface area is 233 Å². The van der Waals surface area contributed by atoms with Gasteiger partial charge in [-0.15, -0.1) is 0 Å². The highest BCUT2D eigenvalue weighted by atomic mass is 16.6. The van der Waals surface area contributed by atoms with Crippen LogP contribution in [0.2, 0.25) is 0 Å². The van der Waals surface area contributed by atoms with E-state index in [-0.39, 0.29) is 32.3 Å². The third-order valence-corrected chi connectivity index (χ3v) is 5.33. The minimum Gasteiger partial charge on any atom is -0.467 e. The Kier molecular flexibility index (Phi) is 14.2. The van der Waals surface area contributed by atoms with Gasteiger partial charge in [-0.25, -0.2) is 14.4 Å². The summed E-state index contributed by atoms with van der Waals surface area (Å²) in [5.41, 5.74) is 0.0125. The smallest absolute Gasteiger partial charge is 0.408 e. The maximum Gasteiger partial charge on any atom is 0.408 e. The van der Waals surface area contributed by atoms with Crippen molar-refractivity contribution < 1.29 is 47.7 Å². The lowest BCUT2D eigenvalue weighted by molar-refractivity contribution is -0.148. The number of esters is 3. The maximum atomic E-state index is 12.6. The summed E-state index contributed by atoms with van der Waals surface area (Å²) in [6.45, 7) is 4.64. The van der Waals surface area contributed by atoms with E-state index in [4.69, 9.17) is 14.2 Å². The molecule has 0 heterocycles. The number of hydrogen-bond donors (Lipinski definition) is 2. The number of benzene rings is 1. The van der Waals surface area contributed by atoms with Crippen molar-refractivity contribution in [1.29, 1.82) is 0 Å². The van der Waals surface area contributed by atoms with Crippen LogP contribution in [0.1, 0.15) is 52.0 Å². The molecule has 13 nitrogen and oxygen atoms in total. The Morgan fingerprint density at radius 1 is 0.850 bits per heavy atom. The lowest BCUT2D eigenvalue weighted by Gasteiger charge is -2.23. The van der Waals surface area contributed by atoms with Gasteiger partial charge in [-0.1, -0.05) is 30.3 Å². The molecule has 0 aromatic heterocycles. The van der Waals surface area contributed by atoms with Crippen LogP contribution in [0.3, 0.4) is 0 Å². The monoisotopic (exact) mass is 565 g/mol. The normalized spacial score (nSPS) is 12.2. The van der Waals surface area contributed by atoms with Gasteiger partial charge in [0.25, 0.3) is 0 Å². The average Bonchev–Trinajstić information content (AvgIpc) is 2.90. The molecule has 1 aromatic carbocycles. The van der Waals surface area contributed by atoms with Crippen LogP contribution in [0.4, 0.5) is 4.79 Å². The highest BCUT2D eigenvalue weighted by molar-refractivity contribution is 5.89. The van der Waals surface area contributed by atoms with Gasteiger partial charge in [-0.3, -0.25) is 14.4 Å². The predicted molar refractivity (Wildman–Crippen MR) is 141 cm³/mol. The summed E-state index contributed by atoms with van der Waals surface area (Å²) >= 11 is 0. The standard InChI is InChI=1S/C27H39N3O10/c1-27(2,3)40-26(36)29-20(25(35)38-6)12-14-22(32)30(4)16-21(31)28-19(24(34)37-5)13-15-23(33)39-17-18-10-8-7-9-11-18/h7-11,19-20H,12-17H2,1-6H3,(H,28,31)(H,29,36)/t19-,20-/m1/s1. The first-order valence-electron chi connectivity index (χ1n) is 12.6. The van der Waals surface area contributed by atoms with Crippen LogP contribution in [0.5, 0.6) is 0 Å². The fraction of sp³-hybridized carbons (Fsp3) is 0.556. The van der Waals surface area contributed by atoms with E-state index in [9.17, 15) is 28.8 Å². The largest absolute Gasteiger partial charge is 0.467 e. The minimum absolute atomic E-state index is 0.0686. The summed E-state index contributed by atoms with van der Waals surface area (Å²) in [7, 11) is 3.66. The van der Waals surface area contributed by atoms with E-state index in [1.54, 1.807) is 32.9 Å². The van der Waals surface area contributed by atoms with E-state index in [2.05, 4.69) is 15.4 Å². The number of nitrogens with one attached hydrogen (secondary N) is 2. The lowest BCUT2D eigenvalue weighted by atomic mass is 10.1. The average molecular weight is 566 g/mol. The molecule has 3 amide bonds. The zero-order chi connectivity index (χ0) is 30.3. The first-order chi connectivity index (χ1) is 18.7. The number of methoxy groups -OCH3 is 2. The van der Waals surface area contributed by atoms with Gasteiger partial charge >= 0.3 is 24.0 Å². The summed E-state index contributed by atoms with van der Waals surface area (Å²) in [6, 6.07) is 6.79. The number of rotatable bonds is 14. The van der Waals surface area contributed by atoms with Crippen molar-refractivity contribution in [2.75, 3.05) is 27.8 Å². The van der Waals surface area contributed by atoms with Crippen LogP contribution < -0.4 is 10.6 Å². The van der Waals surface area contributed by atoms with Gasteiger partial charge < -0.3 is 34.5 Å². The van der Waals surface area contributed by atoms with Gasteiger partial charge in [0, 0.05) is 19.9 Å².